The molecule has 1 atom stereocenters. The van der Waals surface area contributed by atoms with Gasteiger partial charge in [-0.15, -0.1) is 0 Å². The minimum absolute atomic E-state index is 0.175. The van der Waals surface area contributed by atoms with Crippen LogP contribution < -0.4 is 5.01 Å². The van der Waals surface area contributed by atoms with Crippen molar-refractivity contribution >= 4 is 23.3 Å². The van der Waals surface area contributed by atoms with Gasteiger partial charge in [0.25, 0.3) is 0 Å². The van der Waals surface area contributed by atoms with Gasteiger partial charge < -0.3 is 9.47 Å². The Morgan fingerprint density at radius 2 is 1.89 bits per heavy atom. The Kier molecular flexibility index (Phi) is 3.79. The van der Waals surface area contributed by atoms with Crippen molar-refractivity contribution in [3.05, 3.63) is 30.3 Å². The number of rotatable bonds is 3. The fourth-order valence-electron chi connectivity index (χ4n) is 1.89. The molecule has 100 valence electrons. The molecule has 0 saturated heterocycles. The lowest BCUT2D eigenvalue weighted by molar-refractivity contribution is -0.141. The van der Waals surface area contributed by atoms with E-state index in [1.54, 1.807) is 12.1 Å². The van der Waals surface area contributed by atoms with Crippen molar-refractivity contribution in [3.63, 3.8) is 0 Å². The first-order chi connectivity index (χ1) is 9.17. The van der Waals surface area contributed by atoms with Crippen LogP contribution in [-0.2, 0) is 19.1 Å². The highest BCUT2D eigenvalue weighted by Crippen LogP contribution is 2.25. The molecule has 1 aliphatic heterocycles. The highest BCUT2D eigenvalue weighted by Gasteiger charge is 2.37. The molecule has 0 radical (unpaired) electrons. The van der Waals surface area contributed by atoms with Crippen LogP contribution in [-0.4, -0.2) is 37.9 Å². The van der Waals surface area contributed by atoms with Gasteiger partial charge in [0.1, 0.15) is 5.71 Å². The molecule has 0 aliphatic carbocycles. The molecule has 2 rings (SSSR count). The first-order valence-corrected chi connectivity index (χ1v) is 5.75. The number of benzene rings is 1. The lowest BCUT2D eigenvalue weighted by Gasteiger charge is -2.21. The van der Waals surface area contributed by atoms with Crippen LogP contribution in [0, 0.1) is 0 Å². The number of carbonyl (C=O) groups is 2. The number of anilines is 1. The predicted molar refractivity (Wildman–Crippen MR) is 68.8 cm³/mol. The predicted octanol–water partition coefficient (Wildman–Crippen LogP) is 0.967. The molecule has 0 unspecified atom stereocenters. The van der Waals surface area contributed by atoms with Crippen molar-refractivity contribution in [1.29, 1.82) is 0 Å². The van der Waals surface area contributed by atoms with Gasteiger partial charge in [0.2, 0.25) is 0 Å². The topological polar surface area (TPSA) is 68.2 Å². The molecule has 0 aromatic heterocycles. The molecular weight excluding hydrogens is 248 g/mol. The third-order valence-corrected chi connectivity index (χ3v) is 2.83. The standard InChI is InChI=1S/C13H14N2O4/c1-18-12(16)10-8-11(13(17)19-2)15(14-10)9-6-4-3-5-7-9/h3-7,11H,8H2,1-2H3/t11-/m1/s1. The Morgan fingerprint density at radius 1 is 1.21 bits per heavy atom. The Bertz CT molecular complexity index is 513. The van der Waals surface area contributed by atoms with E-state index in [9.17, 15) is 9.59 Å². The third kappa shape index (κ3) is 2.57. The number of hydrazone groups is 1. The number of hydrogen-bond acceptors (Lipinski definition) is 6. The molecule has 0 saturated carbocycles. The van der Waals surface area contributed by atoms with Gasteiger partial charge in [0.15, 0.2) is 6.04 Å². The minimum atomic E-state index is -0.638. The van der Waals surface area contributed by atoms with E-state index in [-0.39, 0.29) is 12.1 Å². The number of hydrogen-bond donors (Lipinski definition) is 0. The van der Waals surface area contributed by atoms with E-state index >= 15 is 0 Å². The SMILES string of the molecule is COC(=O)C1=NN(c2ccccc2)[C@@H](C(=O)OC)C1. The summed E-state index contributed by atoms with van der Waals surface area (Å²) in [4.78, 5) is 23.3. The summed E-state index contributed by atoms with van der Waals surface area (Å²) < 4.78 is 9.37. The summed E-state index contributed by atoms with van der Waals surface area (Å²) in [6, 6.07) is 8.49. The van der Waals surface area contributed by atoms with Crippen molar-refractivity contribution in [1.82, 2.24) is 0 Å². The van der Waals surface area contributed by atoms with Gasteiger partial charge in [-0.2, -0.15) is 5.10 Å². The van der Waals surface area contributed by atoms with Crippen molar-refractivity contribution < 1.29 is 19.1 Å². The van der Waals surface area contributed by atoms with E-state index in [1.165, 1.54) is 19.2 Å². The first-order valence-electron chi connectivity index (χ1n) is 5.75. The van der Waals surface area contributed by atoms with Gasteiger partial charge >= 0.3 is 11.9 Å². The number of carbonyl (C=O) groups excluding carboxylic acids is 2. The first kappa shape index (κ1) is 13.1. The van der Waals surface area contributed by atoms with Gasteiger partial charge in [-0.1, -0.05) is 18.2 Å². The van der Waals surface area contributed by atoms with Gasteiger partial charge in [0, 0.05) is 6.42 Å². The molecule has 1 heterocycles. The van der Waals surface area contributed by atoms with Gasteiger partial charge in [-0.3, -0.25) is 5.01 Å². The zero-order chi connectivity index (χ0) is 13.8. The Balaban J connectivity index is 2.32. The molecule has 1 aromatic rings. The van der Waals surface area contributed by atoms with E-state index < -0.39 is 18.0 Å². The Morgan fingerprint density at radius 3 is 2.47 bits per heavy atom. The van der Waals surface area contributed by atoms with Crippen LogP contribution in [0.3, 0.4) is 0 Å². The monoisotopic (exact) mass is 262 g/mol. The molecule has 6 nitrogen and oxygen atoms in total. The number of nitrogens with zero attached hydrogens (tertiary/aromatic N) is 2. The van der Waals surface area contributed by atoms with Gasteiger partial charge in [-0.25, -0.2) is 9.59 Å². The molecule has 0 amide bonds. The number of para-hydroxylation sites is 1. The maximum absolute atomic E-state index is 11.8. The van der Waals surface area contributed by atoms with Crippen molar-refractivity contribution in [2.24, 2.45) is 5.10 Å². The fraction of sp³-hybridized carbons (Fsp3) is 0.308. The molecular formula is C13H14N2O4. The van der Waals surface area contributed by atoms with Crippen LogP contribution in [0.25, 0.3) is 0 Å². The van der Waals surface area contributed by atoms with Crippen LogP contribution in [0.15, 0.2) is 35.4 Å². The second-order valence-electron chi connectivity index (χ2n) is 3.96. The largest absolute Gasteiger partial charge is 0.467 e. The van der Waals surface area contributed by atoms with Crippen molar-refractivity contribution in [2.45, 2.75) is 12.5 Å². The van der Waals surface area contributed by atoms with Crippen LogP contribution >= 0.6 is 0 Å². The van der Waals surface area contributed by atoms with Crippen molar-refractivity contribution in [3.8, 4) is 0 Å². The van der Waals surface area contributed by atoms with Gasteiger partial charge in [-0.05, 0) is 12.1 Å². The molecule has 0 spiro atoms. The molecule has 1 aliphatic rings. The Hall–Kier alpha value is -2.37. The summed E-state index contributed by atoms with van der Waals surface area (Å²) in [6.07, 6.45) is 0.175. The Labute approximate surface area is 110 Å². The third-order valence-electron chi connectivity index (χ3n) is 2.83. The van der Waals surface area contributed by atoms with Crippen LogP contribution in [0.1, 0.15) is 6.42 Å². The maximum atomic E-state index is 11.8. The van der Waals surface area contributed by atoms with Crippen LogP contribution in [0.4, 0.5) is 5.69 Å². The van der Waals surface area contributed by atoms with Crippen LogP contribution in [0.5, 0.6) is 0 Å². The normalized spacial score (nSPS) is 17.9. The smallest absolute Gasteiger partial charge is 0.354 e. The minimum Gasteiger partial charge on any atom is -0.467 e. The average Bonchev–Trinajstić information content (AvgIpc) is 2.91. The van der Waals surface area contributed by atoms with Crippen molar-refractivity contribution in [2.75, 3.05) is 19.2 Å². The zero-order valence-electron chi connectivity index (χ0n) is 10.7. The number of methoxy groups -OCH3 is 2. The lowest BCUT2D eigenvalue weighted by atomic mass is 10.1. The second kappa shape index (κ2) is 5.51. The van der Waals surface area contributed by atoms with E-state index in [1.807, 2.05) is 18.2 Å². The number of esters is 2. The molecule has 0 fully saturated rings. The van der Waals surface area contributed by atoms with Gasteiger partial charge in [0.05, 0.1) is 19.9 Å². The van der Waals surface area contributed by atoms with E-state index in [2.05, 4.69) is 9.84 Å². The summed E-state index contributed by atoms with van der Waals surface area (Å²) in [5.74, 6) is -0.973. The quantitative estimate of drug-likeness (QED) is 0.759. The summed E-state index contributed by atoms with van der Waals surface area (Å²) in [6.45, 7) is 0. The summed E-state index contributed by atoms with van der Waals surface area (Å²) >= 11 is 0. The molecule has 0 bridgehead atoms. The maximum Gasteiger partial charge on any atom is 0.354 e. The van der Waals surface area contributed by atoms with E-state index in [0.29, 0.717) is 0 Å². The number of ether oxygens (including phenoxy) is 2. The zero-order valence-corrected chi connectivity index (χ0v) is 10.7. The summed E-state index contributed by atoms with van der Waals surface area (Å²) in [7, 11) is 2.59. The molecule has 6 heteroatoms. The average molecular weight is 262 g/mol. The van der Waals surface area contributed by atoms with Crippen LogP contribution in [0.2, 0.25) is 0 Å². The molecule has 19 heavy (non-hydrogen) atoms. The van der Waals surface area contributed by atoms with E-state index in [4.69, 9.17) is 4.74 Å². The molecule has 0 N–H and O–H groups in total. The van der Waals surface area contributed by atoms with E-state index in [0.717, 1.165) is 5.69 Å². The lowest BCUT2D eigenvalue weighted by Crippen LogP contribution is -2.35. The summed E-state index contributed by atoms with van der Waals surface area (Å²) in [5, 5.41) is 5.64. The summed E-state index contributed by atoms with van der Waals surface area (Å²) in [5.41, 5.74) is 0.929. The highest BCUT2D eigenvalue weighted by atomic mass is 16.5. The second-order valence-corrected chi connectivity index (χ2v) is 3.96. The fourth-order valence-corrected chi connectivity index (χ4v) is 1.89. The molecule has 1 aromatic carbocycles. The highest BCUT2D eigenvalue weighted by molar-refractivity contribution is 6.38.